The lowest BCUT2D eigenvalue weighted by Gasteiger charge is -2.18. The Morgan fingerprint density at radius 1 is 1.05 bits per heavy atom. The van der Waals surface area contributed by atoms with Crippen molar-refractivity contribution in [2.24, 2.45) is 14.1 Å². The molecule has 4 heteroatoms. The molecular formula is C16H19N3O. The molecule has 0 bridgehead atoms. The summed E-state index contributed by atoms with van der Waals surface area (Å²) in [5.41, 5.74) is 3.22. The highest BCUT2D eigenvalue weighted by atomic mass is 16.1. The highest BCUT2D eigenvalue weighted by molar-refractivity contribution is 5.77. The summed E-state index contributed by atoms with van der Waals surface area (Å²) in [5.74, 6) is 0. The topological polar surface area (TPSA) is 31.9 Å². The van der Waals surface area contributed by atoms with Gasteiger partial charge in [0.25, 0.3) is 0 Å². The van der Waals surface area contributed by atoms with Gasteiger partial charge in [0.05, 0.1) is 17.1 Å². The highest BCUT2D eigenvalue weighted by Crippen LogP contribution is 2.25. The monoisotopic (exact) mass is 269 g/mol. The van der Waals surface area contributed by atoms with Crippen molar-refractivity contribution >= 4 is 11.0 Å². The van der Waals surface area contributed by atoms with E-state index in [1.807, 2.05) is 32.3 Å². The molecule has 0 aliphatic carbocycles. The van der Waals surface area contributed by atoms with E-state index in [-0.39, 0.29) is 5.69 Å². The van der Waals surface area contributed by atoms with Crippen LogP contribution in [0.25, 0.3) is 11.0 Å². The number of rotatable bonds is 3. The van der Waals surface area contributed by atoms with Gasteiger partial charge in [-0.25, -0.2) is 4.79 Å². The zero-order chi connectivity index (χ0) is 14.3. The fourth-order valence-corrected chi connectivity index (χ4v) is 2.91. The SMILES string of the molecule is CCC(c1ccc2c(c1)n(C)c(=O)n2C)n1cccc1. The van der Waals surface area contributed by atoms with Gasteiger partial charge in [-0.3, -0.25) is 9.13 Å². The molecule has 1 aromatic carbocycles. The maximum absolute atomic E-state index is 12.0. The second kappa shape index (κ2) is 4.71. The van der Waals surface area contributed by atoms with Gasteiger partial charge in [0.2, 0.25) is 0 Å². The lowest BCUT2D eigenvalue weighted by molar-refractivity contribution is 0.570. The number of aromatic nitrogens is 3. The van der Waals surface area contributed by atoms with E-state index in [0.29, 0.717) is 6.04 Å². The average molecular weight is 269 g/mol. The molecule has 1 unspecified atom stereocenters. The summed E-state index contributed by atoms with van der Waals surface area (Å²) in [6, 6.07) is 10.7. The lowest BCUT2D eigenvalue weighted by Crippen LogP contribution is -2.19. The first-order valence-corrected chi connectivity index (χ1v) is 6.91. The Bertz CT molecular complexity index is 793. The van der Waals surface area contributed by atoms with Crippen LogP contribution in [0.5, 0.6) is 0 Å². The molecule has 0 N–H and O–H groups in total. The minimum Gasteiger partial charge on any atom is -0.347 e. The Morgan fingerprint density at radius 3 is 2.35 bits per heavy atom. The molecule has 2 heterocycles. The van der Waals surface area contributed by atoms with Crippen molar-refractivity contribution in [3.05, 3.63) is 58.8 Å². The van der Waals surface area contributed by atoms with Crippen LogP contribution in [-0.2, 0) is 14.1 Å². The Morgan fingerprint density at radius 2 is 1.70 bits per heavy atom. The zero-order valence-electron chi connectivity index (χ0n) is 12.1. The van der Waals surface area contributed by atoms with Crippen LogP contribution in [-0.4, -0.2) is 13.7 Å². The maximum Gasteiger partial charge on any atom is 0.328 e. The van der Waals surface area contributed by atoms with Crippen LogP contribution in [0.1, 0.15) is 24.9 Å². The van der Waals surface area contributed by atoms with E-state index in [2.05, 4.69) is 36.0 Å². The highest BCUT2D eigenvalue weighted by Gasteiger charge is 2.14. The van der Waals surface area contributed by atoms with Gasteiger partial charge < -0.3 is 4.57 Å². The first kappa shape index (κ1) is 12.8. The molecule has 4 nitrogen and oxygen atoms in total. The van der Waals surface area contributed by atoms with Crippen LogP contribution in [0.2, 0.25) is 0 Å². The fourth-order valence-electron chi connectivity index (χ4n) is 2.91. The van der Waals surface area contributed by atoms with E-state index >= 15 is 0 Å². The van der Waals surface area contributed by atoms with Crippen LogP contribution in [0.3, 0.4) is 0 Å². The third-order valence-corrected chi connectivity index (χ3v) is 4.05. The van der Waals surface area contributed by atoms with Crippen molar-refractivity contribution in [3.63, 3.8) is 0 Å². The van der Waals surface area contributed by atoms with Crippen molar-refractivity contribution < 1.29 is 0 Å². The molecule has 20 heavy (non-hydrogen) atoms. The van der Waals surface area contributed by atoms with Gasteiger partial charge in [-0.1, -0.05) is 13.0 Å². The standard InChI is InChI=1S/C16H19N3O/c1-4-13(19-9-5-6-10-19)12-7-8-14-15(11-12)18(3)16(20)17(14)2/h5-11,13H,4H2,1-3H3. The van der Waals surface area contributed by atoms with Gasteiger partial charge in [0, 0.05) is 26.5 Å². The predicted octanol–water partition coefficient (Wildman–Crippen LogP) is 2.68. The molecule has 3 aromatic rings. The molecule has 0 aliphatic rings. The maximum atomic E-state index is 12.0. The molecule has 0 fully saturated rings. The number of fused-ring (bicyclic) bond motifs is 1. The first-order valence-electron chi connectivity index (χ1n) is 6.91. The lowest BCUT2D eigenvalue weighted by atomic mass is 10.0. The predicted molar refractivity (Wildman–Crippen MR) is 81.0 cm³/mol. The summed E-state index contributed by atoms with van der Waals surface area (Å²) in [5, 5.41) is 0. The minimum atomic E-state index is 0.0196. The van der Waals surface area contributed by atoms with E-state index in [1.54, 1.807) is 9.13 Å². The fraction of sp³-hybridized carbons (Fsp3) is 0.312. The number of benzene rings is 1. The summed E-state index contributed by atoms with van der Waals surface area (Å²) in [6.07, 6.45) is 5.19. The van der Waals surface area contributed by atoms with Crippen LogP contribution in [0.15, 0.2) is 47.5 Å². The molecule has 0 saturated heterocycles. The third-order valence-electron chi connectivity index (χ3n) is 4.05. The van der Waals surface area contributed by atoms with Crippen LogP contribution < -0.4 is 5.69 Å². The average Bonchev–Trinajstić information content (AvgIpc) is 3.05. The second-order valence-corrected chi connectivity index (χ2v) is 5.20. The summed E-state index contributed by atoms with van der Waals surface area (Å²) < 4.78 is 5.61. The molecule has 0 amide bonds. The quantitative estimate of drug-likeness (QED) is 0.719. The van der Waals surface area contributed by atoms with Crippen molar-refractivity contribution in [1.82, 2.24) is 13.7 Å². The summed E-state index contributed by atoms with van der Waals surface area (Å²) in [7, 11) is 3.64. The second-order valence-electron chi connectivity index (χ2n) is 5.20. The molecule has 0 saturated carbocycles. The van der Waals surface area contributed by atoms with E-state index in [9.17, 15) is 4.79 Å². The molecule has 0 aliphatic heterocycles. The van der Waals surface area contributed by atoms with Crippen LogP contribution >= 0.6 is 0 Å². The number of hydrogen-bond donors (Lipinski definition) is 0. The summed E-state index contributed by atoms with van der Waals surface area (Å²) in [6.45, 7) is 2.18. The number of imidazole rings is 1. The third kappa shape index (κ3) is 1.80. The molecule has 3 rings (SSSR count). The van der Waals surface area contributed by atoms with Gasteiger partial charge in [0.15, 0.2) is 0 Å². The Labute approximate surface area is 117 Å². The first-order chi connectivity index (χ1) is 9.63. The normalized spacial score (nSPS) is 12.9. The minimum absolute atomic E-state index is 0.0196. The van der Waals surface area contributed by atoms with Crippen LogP contribution in [0.4, 0.5) is 0 Å². The van der Waals surface area contributed by atoms with Gasteiger partial charge >= 0.3 is 5.69 Å². The largest absolute Gasteiger partial charge is 0.347 e. The molecule has 2 aromatic heterocycles. The molecule has 1 atom stereocenters. The zero-order valence-corrected chi connectivity index (χ0v) is 12.1. The number of nitrogens with zero attached hydrogens (tertiary/aromatic N) is 3. The van der Waals surface area contributed by atoms with Crippen LogP contribution in [0, 0.1) is 0 Å². The van der Waals surface area contributed by atoms with Gasteiger partial charge in [0.1, 0.15) is 0 Å². The van der Waals surface area contributed by atoms with Crippen molar-refractivity contribution in [1.29, 1.82) is 0 Å². The van der Waals surface area contributed by atoms with Gasteiger partial charge in [-0.2, -0.15) is 0 Å². The van der Waals surface area contributed by atoms with E-state index in [1.165, 1.54) is 5.56 Å². The van der Waals surface area contributed by atoms with Gasteiger partial charge in [-0.15, -0.1) is 0 Å². The van der Waals surface area contributed by atoms with E-state index in [4.69, 9.17) is 0 Å². The van der Waals surface area contributed by atoms with Crippen molar-refractivity contribution in [2.75, 3.05) is 0 Å². The van der Waals surface area contributed by atoms with Gasteiger partial charge in [-0.05, 0) is 36.2 Å². The summed E-state index contributed by atoms with van der Waals surface area (Å²) >= 11 is 0. The molecule has 104 valence electrons. The van der Waals surface area contributed by atoms with E-state index < -0.39 is 0 Å². The van der Waals surface area contributed by atoms with Crippen molar-refractivity contribution in [3.8, 4) is 0 Å². The van der Waals surface area contributed by atoms with Crippen molar-refractivity contribution in [2.45, 2.75) is 19.4 Å². The van der Waals surface area contributed by atoms with E-state index in [0.717, 1.165) is 17.5 Å². The molecule has 0 radical (unpaired) electrons. The summed E-state index contributed by atoms with van der Waals surface area (Å²) in [4.78, 5) is 12.0. The molecule has 0 spiro atoms. The Kier molecular flexibility index (Phi) is 3.01. The molecular weight excluding hydrogens is 250 g/mol. The number of hydrogen-bond acceptors (Lipinski definition) is 1. The smallest absolute Gasteiger partial charge is 0.328 e. The Balaban J connectivity index is 2.18. The number of aryl methyl sites for hydroxylation is 2. The Hall–Kier alpha value is -2.23.